The van der Waals surface area contributed by atoms with E-state index in [9.17, 15) is 0 Å². The van der Waals surface area contributed by atoms with Gasteiger partial charge in [-0.1, -0.05) is 59.3 Å². The van der Waals surface area contributed by atoms with Gasteiger partial charge in [-0.2, -0.15) is 0 Å². The van der Waals surface area contributed by atoms with Gasteiger partial charge in [0.05, 0.1) is 0 Å². The lowest BCUT2D eigenvalue weighted by Crippen LogP contribution is -2.19. The largest absolute Gasteiger partial charge is 0.131 e. The topological polar surface area (TPSA) is 0 Å². The summed E-state index contributed by atoms with van der Waals surface area (Å²) < 4.78 is 0. The molecule has 0 rings (SSSR count). The van der Waals surface area contributed by atoms with Gasteiger partial charge in [0.1, 0.15) is 0 Å². The summed E-state index contributed by atoms with van der Waals surface area (Å²) in [6.45, 7) is 6.90. The summed E-state index contributed by atoms with van der Waals surface area (Å²) in [7, 11) is 3.14. The Hall–Kier alpha value is 0.430. The van der Waals surface area contributed by atoms with Gasteiger partial charge in [0, 0.05) is 0 Å². The van der Waals surface area contributed by atoms with Crippen LogP contribution >= 0.6 is 9.24 Å². The molecule has 1 unspecified atom stereocenters. The van der Waals surface area contributed by atoms with Crippen LogP contribution in [-0.2, 0) is 0 Å². The van der Waals surface area contributed by atoms with E-state index in [-0.39, 0.29) is 0 Å². The Morgan fingerprint density at radius 3 is 1.71 bits per heavy atom. The van der Waals surface area contributed by atoms with Crippen molar-refractivity contribution >= 4 is 9.24 Å². The lowest BCUT2D eigenvalue weighted by molar-refractivity contribution is 0.434. The molecule has 0 aliphatic carbocycles. The summed E-state index contributed by atoms with van der Waals surface area (Å²) in [4.78, 5) is 0. The predicted molar refractivity (Wildman–Crippen MR) is 71.0 cm³/mol. The van der Waals surface area contributed by atoms with Gasteiger partial charge in [-0.15, -0.1) is 9.24 Å². The van der Waals surface area contributed by atoms with Crippen molar-refractivity contribution < 1.29 is 0 Å². The standard InChI is InChI=1S/C13H29P/c1-4-7-8-9-12-13(14,10-5-2)11-6-3/h4-12,14H2,1-3H3. The molecule has 0 aromatic heterocycles. The number of rotatable bonds is 9. The van der Waals surface area contributed by atoms with Crippen molar-refractivity contribution in [3.05, 3.63) is 0 Å². The van der Waals surface area contributed by atoms with Gasteiger partial charge >= 0.3 is 0 Å². The van der Waals surface area contributed by atoms with Crippen LogP contribution < -0.4 is 0 Å². The smallest absolute Gasteiger partial charge is 0.0150 e. The summed E-state index contributed by atoms with van der Waals surface area (Å²) in [5, 5.41) is 0.567. The molecule has 0 nitrogen and oxygen atoms in total. The first-order valence-electron chi connectivity index (χ1n) is 6.47. The second-order valence-electron chi connectivity index (χ2n) is 4.67. The van der Waals surface area contributed by atoms with E-state index in [0.717, 1.165) is 0 Å². The Labute approximate surface area is 93.4 Å². The molecule has 1 heteroatoms. The van der Waals surface area contributed by atoms with E-state index < -0.39 is 0 Å². The first-order valence-corrected chi connectivity index (χ1v) is 7.05. The van der Waals surface area contributed by atoms with Crippen LogP contribution in [0.5, 0.6) is 0 Å². The summed E-state index contributed by atoms with van der Waals surface area (Å²) in [5.41, 5.74) is 0. The Bertz CT molecular complexity index is 114. The van der Waals surface area contributed by atoms with Crippen LogP contribution in [0.2, 0.25) is 0 Å². The van der Waals surface area contributed by atoms with E-state index in [1.54, 1.807) is 0 Å². The second kappa shape index (κ2) is 8.72. The summed E-state index contributed by atoms with van der Waals surface area (Å²) in [6, 6.07) is 0. The highest BCUT2D eigenvalue weighted by molar-refractivity contribution is 7.19. The lowest BCUT2D eigenvalue weighted by atomic mass is 9.91. The molecule has 0 amide bonds. The Balaban J connectivity index is 3.71. The van der Waals surface area contributed by atoms with Crippen molar-refractivity contribution in [2.45, 2.75) is 83.7 Å². The fourth-order valence-electron chi connectivity index (χ4n) is 2.27. The molecule has 0 aromatic rings. The van der Waals surface area contributed by atoms with E-state index >= 15 is 0 Å². The molecule has 0 spiro atoms. The van der Waals surface area contributed by atoms with E-state index in [2.05, 4.69) is 30.0 Å². The molecule has 0 aromatic carbocycles. The zero-order valence-electron chi connectivity index (χ0n) is 10.4. The molecule has 0 saturated heterocycles. The predicted octanol–water partition coefficient (Wildman–Crippen LogP) is 5.17. The van der Waals surface area contributed by atoms with Crippen molar-refractivity contribution in [2.24, 2.45) is 0 Å². The average Bonchev–Trinajstić information content (AvgIpc) is 2.13. The van der Waals surface area contributed by atoms with Gasteiger partial charge in [-0.05, 0) is 24.4 Å². The van der Waals surface area contributed by atoms with Crippen LogP contribution in [0.1, 0.15) is 78.6 Å². The minimum atomic E-state index is 0.567. The van der Waals surface area contributed by atoms with Gasteiger partial charge in [-0.3, -0.25) is 0 Å². The Morgan fingerprint density at radius 1 is 0.714 bits per heavy atom. The monoisotopic (exact) mass is 216 g/mol. The molecular formula is C13H29P. The van der Waals surface area contributed by atoms with Crippen LogP contribution in [-0.4, -0.2) is 5.16 Å². The molecule has 0 bridgehead atoms. The zero-order valence-corrected chi connectivity index (χ0v) is 11.6. The van der Waals surface area contributed by atoms with E-state index in [1.165, 1.54) is 57.8 Å². The van der Waals surface area contributed by atoms with Crippen molar-refractivity contribution in [1.82, 2.24) is 0 Å². The molecule has 0 fully saturated rings. The molecule has 86 valence electrons. The molecule has 0 heterocycles. The number of unbranched alkanes of at least 4 members (excludes halogenated alkanes) is 3. The molecule has 0 aliphatic heterocycles. The van der Waals surface area contributed by atoms with Gasteiger partial charge in [0.2, 0.25) is 0 Å². The van der Waals surface area contributed by atoms with Gasteiger partial charge in [0.15, 0.2) is 0 Å². The molecular weight excluding hydrogens is 187 g/mol. The fraction of sp³-hybridized carbons (Fsp3) is 1.00. The summed E-state index contributed by atoms with van der Waals surface area (Å²) >= 11 is 0. The minimum Gasteiger partial charge on any atom is -0.131 e. The third-order valence-corrected chi connectivity index (χ3v) is 3.89. The maximum absolute atomic E-state index is 3.14. The maximum atomic E-state index is 3.14. The number of hydrogen-bond donors (Lipinski definition) is 0. The van der Waals surface area contributed by atoms with Crippen molar-refractivity contribution in [3.8, 4) is 0 Å². The highest BCUT2D eigenvalue weighted by Crippen LogP contribution is 2.35. The third-order valence-electron chi connectivity index (χ3n) is 3.02. The zero-order chi connectivity index (χ0) is 10.9. The number of hydrogen-bond acceptors (Lipinski definition) is 0. The Morgan fingerprint density at radius 2 is 1.29 bits per heavy atom. The second-order valence-corrected chi connectivity index (χ2v) is 5.90. The van der Waals surface area contributed by atoms with Crippen molar-refractivity contribution in [1.29, 1.82) is 0 Å². The normalized spacial score (nSPS) is 12.0. The van der Waals surface area contributed by atoms with Crippen molar-refractivity contribution in [2.75, 3.05) is 0 Å². The molecule has 0 radical (unpaired) electrons. The van der Waals surface area contributed by atoms with Gasteiger partial charge in [0.25, 0.3) is 0 Å². The van der Waals surface area contributed by atoms with E-state index in [4.69, 9.17) is 0 Å². The Kier molecular flexibility index (Phi) is 8.98. The van der Waals surface area contributed by atoms with Crippen LogP contribution in [0.15, 0.2) is 0 Å². The molecule has 0 saturated carbocycles. The molecule has 0 aliphatic rings. The lowest BCUT2D eigenvalue weighted by Gasteiger charge is -2.28. The summed E-state index contributed by atoms with van der Waals surface area (Å²) in [5.74, 6) is 0. The first-order chi connectivity index (χ1) is 6.68. The highest BCUT2D eigenvalue weighted by atomic mass is 31.0. The maximum Gasteiger partial charge on any atom is -0.0150 e. The molecule has 1 atom stereocenters. The highest BCUT2D eigenvalue weighted by Gasteiger charge is 2.21. The third kappa shape index (κ3) is 6.82. The quantitative estimate of drug-likeness (QED) is 0.368. The van der Waals surface area contributed by atoms with Crippen LogP contribution in [0.4, 0.5) is 0 Å². The molecule has 0 N–H and O–H groups in total. The van der Waals surface area contributed by atoms with Gasteiger partial charge < -0.3 is 0 Å². The van der Waals surface area contributed by atoms with Crippen LogP contribution in [0.3, 0.4) is 0 Å². The van der Waals surface area contributed by atoms with Gasteiger partial charge in [-0.25, -0.2) is 0 Å². The summed E-state index contributed by atoms with van der Waals surface area (Å²) in [6.07, 6.45) is 12.5. The fourth-order valence-corrected chi connectivity index (χ4v) is 3.06. The average molecular weight is 216 g/mol. The first kappa shape index (κ1) is 14.4. The molecule has 14 heavy (non-hydrogen) atoms. The van der Waals surface area contributed by atoms with Crippen LogP contribution in [0.25, 0.3) is 0 Å². The van der Waals surface area contributed by atoms with E-state index in [0.29, 0.717) is 5.16 Å². The van der Waals surface area contributed by atoms with Crippen LogP contribution in [0, 0.1) is 0 Å². The SMILES string of the molecule is CCCCCCC(P)(CCC)CCC. The van der Waals surface area contributed by atoms with Crippen molar-refractivity contribution in [3.63, 3.8) is 0 Å². The van der Waals surface area contributed by atoms with E-state index in [1.807, 2.05) is 0 Å². The minimum absolute atomic E-state index is 0.567.